The number of benzene rings is 8. The molecule has 0 amide bonds. The van der Waals surface area contributed by atoms with Gasteiger partial charge in [-0.15, -0.1) is 0 Å². The van der Waals surface area contributed by atoms with Crippen molar-refractivity contribution in [2.24, 2.45) is 0 Å². The summed E-state index contributed by atoms with van der Waals surface area (Å²) < 4.78 is 0. The molecule has 0 nitrogen and oxygen atoms in total. The highest BCUT2D eigenvalue weighted by Crippen LogP contribution is 2.53. The van der Waals surface area contributed by atoms with Crippen molar-refractivity contribution in [3.63, 3.8) is 0 Å². The van der Waals surface area contributed by atoms with Gasteiger partial charge in [0, 0.05) is 5.41 Å². The summed E-state index contributed by atoms with van der Waals surface area (Å²) in [6, 6.07) is 58.4. The van der Waals surface area contributed by atoms with Crippen molar-refractivity contribution >= 4 is 32.3 Å². The normalized spacial score (nSPS) is 13.3. The molecule has 0 spiro atoms. The Morgan fingerprint density at radius 1 is 0.333 bits per heavy atom. The Labute approximate surface area is 264 Å². The smallest absolute Gasteiger partial charge is 0.0165 e. The van der Waals surface area contributed by atoms with Crippen molar-refractivity contribution in [2.75, 3.05) is 0 Å². The van der Waals surface area contributed by atoms with Gasteiger partial charge in [0.05, 0.1) is 0 Å². The molecule has 0 aromatic heterocycles. The van der Waals surface area contributed by atoms with Crippen LogP contribution in [0.5, 0.6) is 0 Å². The van der Waals surface area contributed by atoms with Crippen molar-refractivity contribution in [3.8, 4) is 44.5 Å². The van der Waals surface area contributed by atoms with E-state index in [9.17, 15) is 0 Å². The average molecular weight is 573 g/mol. The summed E-state index contributed by atoms with van der Waals surface area (Å²) in [5, 5.41) is 7.81. The third kappa shape index (κ3) is 3.99. The third-order valence-electron chi connectivity index (χ3n) is 10.0. The molecule has 0 heteroatoms. The molecule has 45 heavy (non-hydrogen) atoms. The largest absolute Gasteiger partial charge is 0.0622 e. The van der Waals surface area contributed by atoms with E-state index in [1.54, 1.807) is 0 Å². The van der Waals surface area contributed by atoms with Gasteiger partial charge in [-0.3, -0.25) is 0 Å². The second-order valence-electron chi connectivity index (χ2n) is 12.9. The van der Waals surface area contributed by atoms with Crippen LogP contribution in [0.4, 0.5) is 0 Å². The molecular weight excluding hydrogens is 540 g/mol. The molecule has 8 aromatic carbocycles. The minimum Gasteiger partial charge on any atom is -0.0622 e. The fourth-order valence-corrected chi connectivity index (χ4v) is 7.79. The lowest BCUT2D eigenvalue weighted by Crippen LogP contribution is -2.15. The maximum atomic E-state index is 2.47. The van der Waals surface area contributed by atoms with Crippen LogP contribution >= 0.6 is 0 Å². The van der Waals surface area contributed by atoms with Gasteiger partial charge in [0.2, 0.25) is 0 Å². The van der Waals surface area contributed by atoms with Gasteiger partial charge in [-0.2, -0.15) is 0 Å². The molecular formula is C45H32. The lowest BCUT2D eigenvalue weighted by Gasteiger charge is -2.24. The summed E-state index contributed by atoms with van der Waals surface area (Å²) >= 11 is 0. The van der Waals surface area contributed by atoms with E-state index < -0.39 is 0 Å². The maximum Gasteiger partial charge on any atom is 0.0165 e. The first-order valence-corrected chi connectivity index (χ1v) is 15.9. The van der Waals surface area contributed by atoms with Crippen molar-refractivity contribution in [2.45, 2.75) is 19.3 Å². The molecule has 0 atom stereocenters. The molecule has 9 rings (SSSR count). The van der Waals surface area contributed by atoms with Crippen molar-refractivity contribution in [3.05, 3.63) is 169 Å². The first-order chi connectivity index (χ1) is 22.1. The topological polar surface area (TPSA) is 0 Å². The van der Waals surface area contributed by atoms with Gasteiger partial charge >= 0.3 is 0 Å². The van der Waals surface area contributed by atoms with E-state index in [2.05, 4.69) is 172 Å². The number of hydrogen-bond donors (Lipinski definition) is 0. The zero-order valence-corrected chi connectivity index (χ0v) is 25.5. The van der Waals surface area contributed by atoms with Gasteiger partial charge in [-0.1, -0.05) is 147 Å². The lowest BCUT2D eigenvalue weighted by molar-refractivity contribution is 0.666. The van der Waals surface area contributed by atoms with Gasteiger partial charge in [-0.25, -0.2) is 0 Å². The number of rotatable bonds is 3. The Bertz CT molecular complexity index is 2430. The number of hydrogen-bond acceptors (Lipinski definition) is 0. The fourth-order valence-electron chi connectivity index (χ4n) is 7.79. The Balaban J connectivity index is 1.29. The Morgan fingerprint density at radius 3 is 1.73 bits per heavy atom. The van der Waals surface area contributed by atoms with Gasteiger partial charge in [-0.05, 0) is 112 Å². The lowest BCUT2D eigenvalue weighted by atomic mass is 9.78. The average Bonchev–Trinajstić information content (AvgIpc) is 3.34. The minimum absolute atomic E-state index is 0.127. The van der Waals surface area contributed by atoms with Crippen molar-refractivity contribution < 1.29 is 0 Å². The highest BCUT2D eigenvalue weighted by atomic mass is 14.4. The van der Waals surface area contributed by atoms with Crippen LogP contribution in [0, 0.1) is 0 Å². The van der Waals surface area contributed by atoms with Crippen LogP contribution < -0.4 is 0 Å². The standard InChI is InChI=1S/C45H32/c1-45(2)43-24-20-35(33-18-17-30-13-9-10-16-32(30)25-33)27-41(43)38-23-22-37-36-21-19-34(29-11-5-3-6-12-29)26-40(36)39(28-42(37)44(38)45)31-14-7-4-8-15-31/h3-28H,1-2H3. The molecule has 0 heterocycles. The zero-order chi connectivity index (χ0) is 30.1. The third-order valence-corrected chi connectivity index (χ3v) is 10.0. The summed E-state index contributed by atoms with van der Waals surface area (Å²) in [6.45, 7) is 4.80. The monoisotopic (exact) mass is 572 g/mol. The quantitative estimate of drug-likeness (QED) is 0.185. The van der Waals surface area contributed by atoms with E-state index >= 15 is 0 Å². The van der Waals surface area contributed by atoms with Crippen molar-refractivity contribution in [1.82, 2.24) is 0 Å². The minimum atomic E-state index is -0.127. The highest BCUT2D eigenvalue weighted by Gasteiger charge is 2.37. The van der Waals surface area contributed by atoms with Crippen LogP contribution in [0.15, 0.2) is 158 Å². The summed E-state index contributed by atoms with van der Waals surface area (Å²) in [7, 11) is 0. The Morgan fingerprint density at radius 2 is 0.933 bits per heavy atom. The number of fused-ring (bicyclic) bond motifs is 8. The molecule has 0 radical (unpaired) electrons. The fraction of sp³-hybridized carbons (Fsp3) is 0.0667. The van der Waals surface area contributed by atoms with Gasteiger partial charge in [0.15, 0.2) is 0 Å². The summed E-state index contributed by atoms with van der Waals surface area (Å²) in [6.07, 6.45) is 0. The molecule has 0 unspecified atom stereocenters. The van der Waals surface area contributed by atoms with E-state index in [0.29, 0.717) is 0 Å². The van der Waals surface area contributed by atoms with Crippen LogP contribution in [-0.4, -0.2) is 0 Å². The molecule has 0 bridgehead atoms. The van der Waals surface area contributed by atoms with Crippen LogP contribution in [0.2, 0.25) is 0 Å². The SMILES string of the molecule is CC1(C)c2ccc(-c3ccc4ccccc4c3)cc2-c2ccc3c(cc(-c4ccccc4)c4cc(-c5ccccc5)ccc43)c21. The molecule has 1 aliphatic rings. The second kappa shape index (κ2) is 9.78. The van der Waals surface area contributed by atoms with Gasteiger partial charge in [0.25, 0.3) is 0 Å². The second-order valence-corrected chi connectivity index (χ2v) is 12.9. The van der Waals surface area contributed by atoms with E-state index in [1.165, 1.54) is 88.0 Å². The molecule has 1 aliphatic carbocycles. The molecule has 8 aromatic rings. The predicted molar refractivity (Wildman–Crippen MR) is 193 cm³/mol. The molecule has 0 N–H and O–H groups in total. The predicted octanol–water partition coefficient (Wildman–Crippen LogP) is 12.5. The zero-order valence-electron chi connectivity index (χ0n) is 25.5. The highest BCUT2D eigenvalue weighted by molar-refractivity contribution is 6.17. The molecule has 0 aliphatic heterocycles. The molecule has 0 saturated heterocycles. The van der Waals surface area contributed by atoms with Crippen LogP contribution in [0.1, 0.15) is 25.0 Å². The summed E-state index contributed by atoms with van der Waals surface area (Å²) in [5.41, 5.74) is 12.9. The molecule has 0 saturated carbocycles. The Kier molecular flexibility index (Phi) is 5.64. The maximum absolute atomic E-state index is 2.47. The molecule has 212 valence electrons. The first-order valence-electron chi connectivity index (χ1n) is 15.9. The van der Waals surface area contributed by atoms with E-state index in [0.717, 1.165) is 0 Å². The van der Waals surface area contributed by atoms with Crippen molar-refractivity contribution in [1.29, 1.82) is 0 Å². The molecule has 0 fully saturated rings. The van der Waals surface area contributed by atoms with Crippen LogP contribution in [-0.2, 0) is 5.41 Å². The van der Waals surface area contributed by atoms with Gasteiger partial charge < -0.3 is 0 Å². The van der Waals surface area contributed by atoms with E-state index in [4.69, 9.17) is 0 Å². The van der Waals surface area contributed by atoms with E-state index in [1.807, 2.05) is 0 Å². The summed E-state index contributed by atoms with van der Waals surface area (Å²) in [5.74, 6) is 0. The Hall–Kier alpha value is -5.46. The van der Waals surface area contributed by atoms with Crippen LogP contribution in [0.3, 0.4) is 0 Å². The first kappa shape index (κ1) is 26.0. The van der Waals surface area contributed by atoms with E-state index in [-0.39, 0.29) is 5.41 Å². The van der Waals surface area contributed by atoms with Crippen LogP contribution in [0.25, 0.3) is 76.8 Å². The summed E-state index contributed by atoms with van der Waals surface area (Å²) in [4.78, 5) is 0. The van der Waals surface area contributed by atoms with Gasteiger partial charge in [0.1, 0.15) is 0 Å².